The normalized spacial score (nSPS) is 11.0. The Morgan fingerprint density at radius 1 is 0.960 bits per heavy atom. The quantitative estimate of drug-likeness (QED) is 0.495. The molecule has 4 rings (SSSR count). The van der Waals surface area contributed by atoms with Crippen LogP contribution in [0.25, 0.3) is 21.3 Å². The largest absolute Gasteiger partial charge is 0.340 e. The number of aryl methyl sites for hydroxylation is 2. The maximum atomic E-state index is 4.50. The molecule has 0 radical (unpaired) electrons. The Morgan fingerprint density at radius 2 is 1.72 bits per heavy atom. The first-order chi connectivity index (χ1) is 12.2. The highest BCUT2D eigenvalue weighted by molar-refractivity contribution is 7.17. The molecule has 2 aromatic heterocycles. The van der Waals surface area contributed by atoms with Gasteiger partial charge in [0.15, 0.2) is 0 Å². The molecule has 0 unspecified atom stereocenters. The van der Waals surface area contributed by atoms with Crippen molar-refractivity contribution in [2.45, 2.75) is 20.3 Å². The minimum Gasteiger partial charge on any atom is -0.340 e. The van der Waals surface area contributed by atoms with Crippen LogP contribution in [0.4, 0.5) is 11.5 Å². The Bertz CT molecular complexity index is 1000. The highest BCUT2D eigenvalue weighted by Gasteiger charge is 2.13. The molecule has 0 bridgehead atoms. The molecule has 0 saturated heterocycles. The molecule has 25 heavy (non-hydrogen) atoms. The van der Waals surface area contributed by atoms with Crippen LogP contribution in [0, 0.1) is 6.92 Å². The van der Waals surface area contributed by atoms with E-state index in [1.54, 1.807) is 17.7 Å². The molecule has 3 nitrogen and oxygen atoms in total. The number of fused-ring (bicyclic) bond motifs is 1. The lowest BCUT2D eigenvalue weighted by atomic mass is 10.0. The smallest absolute Gasteiger partial charge is 0.143 e. The van der Waals surface area contributed by atoms with E-state index < -0.39 is 0 Å². The van der Waals surface area contributed by atoms with E-state index in [9.17, 15) is 0 Å². The SMILES string of the molecule is CCc1ccc(-c2csc3ncnc(Nc4ccc(C)cc4)c23)cc1. The number of nitrogens with zero attached hydrogens (tertiary/aromatic N) is 2. The van der Waals surface area contributed by atoms with Crippen molar-refractivity contribution in [2.24, 2.45) is 0 Å². The van der Waals surface area contributed by atoms with Gasteiger partial charge in [-0.1, -0.05) is 48.9 Å². The summed E-state index contributed by atoms with van der Waals surface area (Å²) in [5.41, 5.74) is 6.00. The number of thiophene rings is 1. The molecule has 0 fully saturated rings. The van der Waals surface area contributed by atoms with Crippen molar-refractivity contribution in [3.63, 3.8) is 0 Å². The second kappa shape index (κ2) is 6.65. The second-order valence-corrected chi connectivity index (χ2v) is 6.95. The maximum Gasteiger partial charge on any atom is 0.143 e. The molecule has 124 valence electrons. The number of nitrogens with one attached hydrogen (secondary N) is 1. The molecule has 4 aromatic rings. The summed E-state index contributed by atoms with van der Waals surface area (Å²) < 4.78 is 0. The zero-order chi connectivity index (χ0) is 17.2. The average Bonchev–Trinajstić information content (AvgIpc) is 3.09. The number of benzene rings is 2. The summed E-state index contributed by atoms with van der Waals surface area (Å²) in [6, 6.07) is 17.1. The molecule has 0 amide bonds. The molecule has 1 N–H and O–H groups in total. The maximum absolute atomic E-state index is 4.50. The molecule has 2 heterocycles. The van der Waals surface area contributed by atoms with Crippen molar-refractivity contribution in [1.29, 1.82) is 0 Å². The first-order valence-corrected chi connectivity index (χ1v) is 9.28. The van der Waals surface area contributed by atoms with Crippen LogP contribution < -0.4 is 5.32 Å². The van der Waals surface area contributed by atoms with E-state index in [1.165, 1.54) is 22.3 Å². The van der Waals surface area contributed by atoms with Crippen LogP contribution in [0.2, 0.25) is 0 Å². The zero-order valence-electron chi connectivity index (χ0n) is 14.3. The molecule has 0 aliphatic carbocycles. The number of hydrogen-bond acceptors (Lipinski definition) is 4. The van der Waals surface area contributed by atoms with Crippen molar-refractivity contribution in [3.8, 4) is 11.1 Å². The lowest BCUT2D eigenvalue weighted by molar-refractivity contribution is 1.14. The molecule has 0 atom stereocenters. The van der Waals surface area contributed by atoms with Gasteiger partial charge in [0.05, 0.1) is 5.39 Å². The fraction of sp³-hybridized carbons (Fsp3) is 0.143. The topological polar surface area (TPSA) is 37.8 Å². The van der Waals surface area contributed by atoms with Crippen LogP contribution >= 0.6 is 11.3 Å². The summed E-state index contributed by atoms with van der Waals surface area (Å²) in [7, 11) is 0. The van der Waals surface area contributed by atoms with Crippen LogP contribution in [-0.4, -0.2) is 9.97 Å². The lowest BCUT2D eigenvalue weighted by Crippen LogP contribution is -1.95. The predicted molar refractivity (Wildman–Crippen MR) is 107 cm³/mol. The summed E-state index contributed by atoms with van der Waals surface area (Å²) in [6.45, 7) is 4.26. The number of anilines is 2. The monoisotopic (exact) mass is 345 g/mol. The summed E-state index contributed by atoms with van der Waals surface area (Å²) in [5, 5.41) is 6.70. The first kappa shape index (κ1) is 15.8. The van der Waals surface area contributed by atoms with E-state index >= 15 is 0 Å². The van der Waals surface area contributed by atoms with Gasteiger partial charge in [-0.2, -0.15) is 0 Å². The molecule has 4 heteroatoms. The predicted octanol–water partition coefficient (Wildman–Crippen LogP) is 5.97. The summed E-state index contributed by atoms with van der Waals surface area (Å²) in [4.78, 5) is 9.95. The highest BCUT2D eigenvalue weighted by atomic mass is 32.1. The zero-order valence-corrected chi connectivity index (χ0v) is 15.1. The van der Waals surface area contributed by atoms with E-state index in [4.69, 9.17) is 0 Å². The van der Waals surface area contributed by atoms with Crippen molar-refractivity contribution in [1.82, 2.24) is 9.97 Å². The standard InChI is InChI=1S/C21H19N3S/c1-3-15-6-8-16(9-7-15)18-12-25-21-19(18)20(22-13-23-21)24-17-10-4-14(2)5-11-17/h4-13H,3H2,1-2H3,(H,22,23,24). The third kappa shape index (κ3) is 3.13. The molecule has 2 aromatic carbocycles. The number of aromatic nitrogens is 2. The molecule has 0 saturated carbocycles. The van der Waals surface area contributed by atoms with Crippen LogP contribution in [0.15, 0.2) is 60.2 Å². The Kier molecular flexibility index (Phi) is 4.20. The van der Waals surface area contributed by atoms with Gasteiger partial charge in [0.25, 0.3) is 0 Å². The van der Waals surface area contributed by atoms with E-state index in [-0.39, 0.29) is 0 Å². The first-order valence-electron chi connectivity index (χ1n) is 8.40. The van der Waals surface area contributed by atoms with Gasteiger partial charge < -0.3 is 5.32 Å². The van der Waals surface area contributed by atoms with Crippen LogP contribution in [0.3, 0.4) is 0 Å². The summed E-state index contributed by atoms with van der Waals surface area (Å²) >= 11 is 1.65. The van der Waals surface area contributed by atoms with Gasteiger partial charge in [0, 0.05) is 16.6 Å². The van der Waals surface area contributed by atoms with E-state index in [0.29, 0.717) is 0 Å². The minimum absolute atomic E-state index is 0.852. The molecule has 0 aliphatic heterocycles. The van der Waals surface area contributed by atoms with Gasteiger partial charge in [-0.05, 0) is 36.6 Å². The van der Waals surface area contributed by atoms with Crippen molar-refractivity contribution in [3.05, 3.63) is 71.4 Å². The molecular formula is C21H19N3S. The average molecular weight is 345 g/mol. The minimum atomic E-state index is 0.852. The third-order valence-corrected chi connectivity index (χ3v) is 5.24. The van der Waals surface area contributed by atoms with E-state index in [0.717, 1.165) is 28.1 Å². The second-order valence-electron chi connectivity index (χ2n) is 6.09. The molecule has 0 aliphatic rings. The lowest BCUT2D eigenvalue weighted by Gasteiger charge is -2.09. The van der Waals surface area contributed by atoms with Gasteiger partial charge in [-0.15, -0.1) is 11.3 Å². The summed E-state index contributed by atoms with van der Waals surface area (Å²) in [5.74, 6) is 0.852. The molecule has 0 spiro atoms. The van der Waals surface area contributed by atoms with Gasteiger partial charge in [0.2, 0.25) is 0 Å². The Morgan fingerprint density at radius 3 is 2.44 bits per heavy atom. The highest BCUT2D eigenvalue weighted by Crippen LogP contribution is 2.37. The van der Waals surface area contributed by atoms with Gasteiger partial charge in [-0.25, -0.2) is 9.97 Å². The van der Waals surface area contributed by atoms with Crippen molar-refractivity contribution >= 4 is 33.1 Å². The fourth-order valence-electron chi connectivity index (χ4n) is 2.88. The van der Waals surface area contributed by atoms with Gasteiger partial charge in [-0.3, -0.25) is 0 Å². The third-order valence-electron chi connectivity index (χ3n) is 4.36. The van der Waals surface area contributed by atoms with E-state index in [1.807, 2.05) is 0 Å². The number of rotatable bonds is 4. The van der Waals surface area contributed by atoms with Crippen LogP contribution in [0.1, 0.15) is 18.1 Å². The van der Waals surface area contributed by atoms with Crippen LogP contribution in [-0.2, 0) is 6.42 Å². The molecular weight excluding hydrogens is 326 g/mol. The van der Waals surface area contributed by atoms with E-state index in [2.05, 4.69) is 83.0 Å². The fourth-order valence-corrected chi connectivity index (χ4v) is 3.79. The summed E-state index contributed by atoms with van der Waals surface area (Å²) in [6.07, 6.45) is 2.67. The Balaban J connectivity index is 1.79. The Hall–Kier alpha value is -2.72. The number of hydrogen-bond donors (Lipinski definition) is 1. The van der Waals surface area contributed by atoms with Crippen molar-refractivity contribution in [2.75, 3.05) is 5.32 Å². The van der Waals surface area contributed by atoms with Crippen molar-refractivity contribution < 1.29 is 0 Å². The Labute approximate surface area is 151 Å². The van der Waals surface area contributed by atoms with Crippen LogP contribution in [0.5, 0.6) is 0 Å². The van der Waals surface area contributed by atoms with Gasteiger partial charge >= 0.3 is 0 Å². The van der Waals surface area contributed by atoms with Gasteiger partial charge in [0.1, 0.15) is 17.0 Å².